The van der Waals surface area contributed by atoms with Crippen LogP contribution in [0.4, 0.5) is 34.5 Å². The molecule has 3 aromatic carbocycles. The van der Waals surface area contributed by atoms with Gasteiger partial charge in [-0.3, -0.25) is 29.3 Å². The molecule has 10 rings (SSSR count). The highest BCUT2D eigenvalue weighted by Crippen LogP contribution is 2.43. The van der Waals surface area contributed by atoms with Crippen molar-refractivity contribution in [3.63, 3.8) is 0 Å². The van der Waals surface area contributed by atoms with Gasteiger partial charge in [0.2, 0.25) is 17.8 Å². The zero-order chi connectivity index (χ0) is 52.2. The number of halogens is 1. The van der Waals surface area contributed by atoms with Crippen molar-refractivity contribution in [2.24, 2.45) is 13.0 Å². The van der Waals surface area contributed by atoms with E-state index in [-0.39, 0.29) is 24.4 Å². The molecule has 4 fully saturated rings. The first kappa shape index (κ1) is 51.6. The second-order valence-corrected chi connectivity index (χ2v) is 24.0. The molecule has 0 saturated carbocycles. The summed E-state index contributed by atoms with van der Waals surface area (Å²) >= 11 is 6.72. The summed E-state index contributed by atoms with van der Waals surface area (Å²) in [5.41, 5.74) is 7.68. The Kier molecular flexibility index (Phi) is 15.5. The van der Waals surface area contributed by atoms with Crippen LogP contribution in [0.25, 0.3) is 22.3 Å². The average Bonchev–Trinajstić information content (AvgIpc) is 3.86. The van der Waals surface area contributed by atoms with E-state index in [2.05, 4.69) is 68.1 Å². The van der Waals surface area contributed by atoms with Gasteiger partial charge in [-0.2, -0.15) is 10.1 Å². The van der Waals surface area contributed by atoms with Gasteiger partial charge < -0.3 is 40.0 Å². The summed E-state index contributed by atoms with van der Waals surface area (Å²) in [5.74, 6) is 0.746. The smallest absolute Gasteiger partial charge is 0.270 e. The Hall–Kier alpha value is -6.85. The number of aromatic nitrogens is 5. The number of amides is 3. The topological polar surface area (TPSA) is 195 Å². The van der Waals surface area contributed by atoms with Crippen LogP contribution >= 0.6 is 18.7 Å². The highest BCUT2D eigenvalue weighted by Gasteiger charge is 2.32. The number of nitrogens with one attached hydrogen (secondary N) is 4. The second-order valence-electron chi connectivity index (χ2n) is 20.4. The number of hydrogen-bond donors (Lipinski definition) is 4. The second kappa shape index (κ2) is 22.6. The Bertz CT molecular complexity index is 3070. The van der Waals surface area contributed by atoms with Crippen LogP contribution in [0, 0.1) is 5.92 Å². The molecule has 4 aliphatic rings. The van der Waals surface area contributed by atoms with Crippen LogP contribution < -0.4 is 41.1 Å². The standard InChI is InChI=1S/C55H65ClN13O5P/c1-65-35-39(31-59-65)42-29-47(62-55-58-33-43(56)52(64-55)60-44-12-10-38(28-50(44)75(3,4)73)37-8-6-5-7-9-37)49(74-2)30-48(42)69-22-18-40(19-23-69)68-26-24-66(25-27-68)34-36-16-20-67(21-17-36)41-11-13-45(57-32-41)53(71)61-46-14-15-51(70)63-54(46)72/h5-13,28-33,35-36,40,46H,14-27,34H2,1-4H3,(H,61,71)(H,63,70,72)(H2,58,60,62,64). The van der Waals surface area contributed by atoms with Crippen LogP contribution in [0.3, 0.4) is 0 Å². The molecule has 3 amide bonds. The molecule has 392 valence electrons. The number of imide groups is 1. The minimum Gasteiger partial charge on any atom is -0.494 e. The van der Waals surface area contributed by atoms with Crippen molar-refractivity contribution in [3.8, 4) is 28.0 Å². The third-order valence-corrected chi connectivity index (χ3v) is 16.8. The summed E-state index contributed by atoms with van der Waals surface area (Å²) in [4.78, 5) is 60.3. The van der Waals surface area contributed by atoms with Gasteiger partial charge in [-0.25, -0.2) is 9.97 Å². The summed E-state index contributed by atoms with van der Waals surface area (Å²) in [6, 6.07) is 23.5. The zero-order valence-electron chi connectivity index (χ0n) is 43.0. The van der Waals surface area contributed by atoms with Crippen LogP contribution in [0.5, 0.6) is 5.75 Å². The van der Waals surface area contributed by atoms with Gasteiger partial charge in [-0.05, 0) is 92.8 Å². The molecule has 4 saturated heterocycles. The molecular formula is C55H65ClN13O5P. The lowest BCUT2D eigenvalue weighted by Gasteiger charge is -2.44. The fourth-order valence-electron chi connectivity index (χ4n) is 10.8. The number of anilines is 6. The highest BCUT2D eigenvalue weighted by atomic mass is 35.5. The Morgan fingerprint density at radius 1 is 0.800 bits per heavy atom. The number of benzene rings is 3. The number of piperidine rings is 3. The van der Waals surface area contributed by atoms with Crippen LogP contribution in [0.2, 0.25) is 5.02 Å². The number of carbonyl (C=O) groups excluding carboxylic acids is 3. The molecule has 1 atom stereocenters. The van der Waals surface area contributed by atoms with Crippen LogP contribution in [-0.2, 0) is 21.2 Å². The summed E-state index contributed by atoms with van der Waals surface area (Å²) in [6.45, 7) is 12.6. The number of hydrogen-bond acceptors (Lipinski definition) is 15. The fraction of sp³-hybridized carbons (Fsp3) is 0.400. The first-order valence-corrected chi connectivity index (χ1v) is 28.8. The number of pyridine rings is 1. The molecule has 18 nitrogen and oxygen atoms in total. The van der Waals surface area contributed by atoms with E-state index in [4.69, 9.17) is 21.3 Å². The molecule has 0 radical (unpaired) electrons. The minimum absolute atomic E-state index is 0.201. The van der Waals surface area contributed by atoms with Crippen molar-refractivity contribution in [1.82, 2.24) is 45.2 Å². The predicted octanol–water partition coefficient (Wildman–Crippen LogP) is 7.37. The molecule has 6 aromatic rings. The molecule has 1 unspecified atom stereocenters. The van der Waals surface area contributed by atoms with Gasteiger partial charge in [0.25, 0.3) is 5.91 Å². The van der Waals surface area contributed by atoms with E-state index in [9.17, 15) is 18.9 Å². The lowest BCUT2D eigenvalue weighted by atomic mass is 9.95. The van der Waals surface area contributed by atoms with Crippen molar-refractivity contribution in [1.29, 1.82) is 0 Å². The Labute approximate surface area is 443 Å². The minimum atomic E-state index is -2.73. The zero-order valence-corrected chi connectivity index (χ0v) is 44.6. The number of nitrogens with zero attached hydrogens (tertiary/aromatic N) is 9. The maximum atomic E-state index is 13.7. The number of aryl methyl sites for hydroxylation is 1. The molecule has 75 heavy (non-hydrogen) atoms. The van der Waals surface area contributed by atoms with E-state index in [1.54, 1.807) is 38.9 Å². The Morgan fingerprint density at radius 2 is 1.56 bits per heavy atom. The number of ether oxygens (including phenoxy) is 1. The Balaban J connectivity index is 0.735. The monoisotopic (exact) mass is 1050 g/mol. The normalized spacial score (nSPS) is 18.4. The number of carbonyl (C=O) groups is 3. The SMILES string of the molecule is COc1cc(N2CCC(N3CCN(CC4CCN(c5ccc(C(=O)NC6CCC(=O)NC6=O)nc5)CC4)CC3)CC2)c(-c2cnn(C)c2)cc1Nc1ncc(Cl)c(Nc2ccc(-c3ccccc3)cc2P(C)(C)=O)n1. The summed E-state index contributed by atoms with van der Waals surface area (Å²) in [6.07, 6.45) is 12.0. The molecule has 0 spiro atoms. The summed E-state index contributed by atoms with van der Waals surface area (Å²) in [5, 5.41) is 17.3. The quantitative estimate of drug-likeness (QED) is 0.0588. The molecular weight excluding hydrogens is 989 g/mol. The maximum Gasteiger partial charge on any atom is 0.270 e. The van der Waals surface area contributed by atoms with Crippen LogP contribution in [-0.4, -0.2) is 144 Å². The largest absolute Gasteiger partial charge is 0.494 e. The van der Waals surface area contributed by atoms with Crippen molar-refractivity contribution >= 4 is 76.3 Å². The van der Waals surface area contributed by atoms with Gasteiger partial charge in [0.15, 0.2) is 5.82 Å². The van der Waals surface area contributed by atoms with Gasteiger partial charge >= 0.3 is 0 Å². The van der Waals surface area contributed by atoms with E-state index in [0.717, 1.165) is 118 Å². The van der Waals surface area contributed by atoms with E-state index < -0.39 is 25.0 Å². The summed E-state index contributed by atoms with van der Waals surface area (Å²) < 4.78 is 21.5. The molecule has 20 heteroatoms. The third-order valence-electron chi connectivity index (χ3n) is 15.0. The van der Waals surface area contributed by atoms with E-state index in [1.165, 1.54) is 0 Å². The molecule has 4 N–H and O–H groups in total. The number of piperazine rings is 1. The van der Waals surface area contributed by atoms with Gasteiger partial charge in [0, 0.05) is 113 Å². The van der Waals surface area contributed by atoms with E-state index in [1.807, 2.05) is 78.7 Å². The lowest BCUT2D eigenvalue weighted by Crippen LogP contribution is -2.54. The van der Waals surface area contributed by atoms with Crippen molar-refractivity contribution in [3.05, 3.63) is 108 Å². The first-order valence-electron chi connectivity index (χ1n) is 25.8. The molecule has 7 heterocycles. The van der Waals surface area contributed by atoms with E-state index >= 15 is 0 Å². The molecule has 0 bridgehead atoms. The highest BCUT2D eigenvalue weighted by molar-refractivity contribution is 7.70. The van der Waals surface area contributed by atoms with Crippen LogP contribution in [0.15, 0.2) is 97.6 Å². The van der Waals surface area contributed by atoms with Crippen LogP contribution in [0.1, 0.15) is 49.0 Å². The fourth-order valence-corrected chi connectivity index (χ4v) is 12.1. The van der Waals surface area contributed by atoms with Crippen molar-refractivity contribution in [2.75, 3.05) is 99.8 Å². The third kappa shape index (κ3) is 12.2. The molecule has 3 aromatic heterocycles. The molecule has 4 aliphatic heterocycles. The number of methoxy groups -OCH3 is 1. The summed E-state index contributed by atoms with van der Waals surface area (Å²) in [7, 11) is 0.863. The Morgan fingerprint density at radius 3 is 2.24 bits per heavy atom. The maximum absolute atomic E-state index is 13.7. The van der Waals surface area contributed by atoms with Gasteiger partial charge in [-0.15, -0.1) is 0 Å². The van der Waals surface area contributed by atoms with Gasteiger partial charge in [0.05, 0.1) is 42.8 Å². The average molecular weight is 1050 g/mol. The van der Waals surface area contributed by atoms with E-state index in [0.29, 0.717) is 51.2 Å². The van der Waals surface area contributed by atoms with Gasteiger partial charge in [0.1, 0.15) is 29.6 Å². The number of rotatable bonds is 15. The van der Waals surface area contributed by atoms with Crippen molar-refractivity contribution in [2.45, 2.75) is 50.6 Å². The first-order chi connectivity index (χ1) is 36.2. The van der Waals surface area contributed by atoms with Gasteiger partial charge in [-0.1, -0.05) is 48.0 Å². The predicted molar refractivity (Wildman–Crippen MR) is 296 cm³/mol. The molecule has 0 aliphatic carbocycles. The lowest BCUT2D eigenvalue weighted by molar-refractivity contribution is -0.134. The van der Waals surface area contributed by atoms with Crippen molar-refractivity contribution < 1.29 is 23.7 Å².